The molecule has 166 valence electrons. The number of amides is 2. The monoisotopic (exact) mass is 507 g/mol. The van der Waals surface area contributed by atoms with Gasteiger partial charge in [0.15, 0.2) is 11.7 Å². The molecule has 0 saturated heterocycles. The quantitative estimate of drug-likeness (QED) is 0.372. The second-order valence-electron chi connectivity index (χ2n) is 7.09. The summed E-state index contributed by atoms with van der Waals surface area (Å²) in [5.74, 6) is 0.776. The molecular weight excluding hydrogens is 482 g/mol. The van der Waals surface area contributed by atoms with Crippen molar-refractivity contribution in [3.8, 4) is 11.5 Å². The maximum atomic E-state index is 12.4. The van der Waals surface area contributed by atoms with Crippen molar-refractivity contribution in [1.82, 2.24) is 16.2 Å². The van der Waals surface area contributed by atoms with Gasteiger partial charge in [-0.25, -0.2) is 0 Å². The van der Waals surface area contributed by atoms with Crippen LogP contribution in [-0.4, -0.2) is 30.1 Å². The first kappa shape index (κ1) is 24.6. The molecule has 0 bridgehead atoms. The van der Waals surface area contributed by atoms with E-state index in [1.165, 1.54) is 5.56 Å². The minimum atomic E-state index is -0.439. The van der Waals surface area contributed by atoms with Gasteiger partial charge in [0.1, 0.15) is 11.5 Å². The Morgan fingerprint density at radius 3 is 2.39 bits per heavy atom. The summed E-state index contributed by atoms with van der Waals surface area (Å²) >= 11 is 8.45. The Kier molecular flexibility index (Phi) is 9.74. The second-order valence-corrected chi connectivity index (χ2v) is 8.36. The van der Waals surface area contributed by atoms with Gasteiger partial charge in [0.25, 0.3) is 11.8 Å². The lowest BCUT2D eigenvalue weighted by molar-refractivity contribution is -0.123. The number of halogens is 1. The number of hydrogen-bond acceptors (Lipinski definition) is 5. The summed E-state index contributed by atoms with van der Waals surface area (Å²) in [5.41, 5.74) is 6.43. The van der Waals surface area contributed by atoms with Crippen molar-refractivity contribution >= 4 is 45.1 Å². The van der Waals surface area contributed by atoms with Crippen LogP contribution >= 0.6 is 28.1 Å². The van der Waals surface area contributed by atoms with Crippen molar-refractivity contribution in [2.75, 3.05) is 13.2 Å². The number of carbonyl (C=O) groups is 2. The van der Waals surface area contributed by atoms with E-state index in [2.05, 4.69) is 52.9 Å². The van der Waals surface area contributed by atoms with Crippen molar-refractivity contribution in [3.63, 3.8) is 0 Å². The van der Waals surface area contributed by atoms with Crippen LogP contribution in [-0.2, 0) is 11.2 Å². The van der Waals surface area contributed by atoms with Gasteiger partial charge in [-0.2, -0.15) is 0 Å². The molecule has 0 aromatic heterocycles. The zero-order valence-corrected chi connectivity index (χ0v) is 20.1. The van der Waals surface area contributed by atoms with Gasteiger partial charge in [0.2, 0.25) is 0 Å². The summed E-state index contributed by atoms with van der Waals surface area (Å²) < 4.78 is 11.7. The Hall–Kier alpha value is -2.65. The molecule has 0 unspecified atom stereocenters. The number of nitrogens with one attached hydrogen (secondary N) is 3. The molecule has 2 aromatic rings. The summed E-state index contributed by atoms with van der Waals surface area (Å²) in [4.78, 5) is 24.3. The lowest BCUT2D eigenvalue weighted by Crippen LogP contribution is -2.49. The van der Waals surface area contributed by atoms with E-state index in [-0.39, 0.29) is 11.7 Å². The molecule has 9 heteroatoms. The largest absolute Gasteiger partial charge is 0.492 e. The third-order valence-electron chi connectivity index (χ3n) is 4.01. The molecule has 2 aromatic carbocycles. The number of ether oxygens (including phenoxy) is 2. The highest BCUT2D eigenvalue weighted by Crippen LogP contribution is 2.26. The molecule has 0 aliphatic carbocycles. The third kappa shape index (κ3) is 8.55. The minimum Gasteiger partial charge on any atom is -0.492 e. The van der Waals surface area contributed by atoms with Crippen molar-refractivity contribution in [2.45, 2.75) is 27.2 Å². The SMILES string of the molecule is CCc1ccc(OCC(=O)NNC(=S)NC(=O)c2ccc(OCC(C)C)c(Br)c2)cc1. The van der Waals surface area contributed by atoms with Gasteiger partial charge in [0, 0.05) is 5.56 Å². The van der Waals surface area contributed by atoms with Crippen LogP contribution < -0.4 is 25.6 Å². The fourth-order valence-electron chi connectivity index (χ4n) is 2.35. The minimum absolute atomic E-state index is 0.0399. The van der Waals surface area contributed by atoms with Crippen LogP contribution in [0.2, 0.25) is 0 Å². The number of thiocarbonyl (C=S) groups is 1. The van der Waals surface area contributed by atoms with Gasteiger partial charge in [0.05, 0.1) is 11.1 Å². The zero-order chi connectivity index (χ0) is 22.8. The highest BCUT2D eigenvalue weighted by atomic mass is 79.9. The molecule has 0 fully saturated rings. The molecule has 0 atom stereocenters. The topological polar surface area (TPSA) is 88.7 Å². The van der Waals surface area contributed by atoms with Gasteiger partial charge in [-0.3, -0.25) is 25.8 Å². The Morgan fingerprint density at radius 1 is 1.06 bits per heavy atom. The number of benzene rings is 2. The van der Waals surface area contributed by atoms with Gasteiger partial charge < -0.3 is 9.47 Å². The van der Waals surface area contributed by atoms with Crippen molar-refractivity contribution < 1.29 is 19.1 Å². The van der Waals surface area contributed by atoms with Crippen molar-refractivity contribution in [2.24, 2.45) is 5.92 Å². The molecule has 0 heterocycles. The number of aryl methyl sites for hydroxylation is 1. The summed E-state index contributed by atoms with van der Waals surface area (Å²) in [6.07, 6.45) is 0.931. The van der Waals surface area contributed by atoms with E-state index in [9.17, 15) is 9.59 Å². The Labute approximate surface area is 196 Å². The maximum absolute atomic E-state index is 12.4. The predicted molar refractivity (Wildman–Crippen MR) is 127 cm³/mol. The first-order chi connectivity index (χ1) is 14.8. The third-order valence-corrected chi connectivity index (χ3v) is 4.83. The summed E-state index contributed by atoms with van der Waals surface area (Å²) in [7, 11) is 0. The molecule has 2 rings (SSSR count). The van der Waals surface area contributed by atoms with E-state index in [0.29, 0.717) is 34.1 Å². The van der Waals surface area contributed by atoms with E-state index in [1.807, 2.05) is 24.3 Å². The maximum Gasteiger partial charge on any atom is 0.276 e. The molecule has 0 radical (unpaired) electrons. The van der Waals surface area contributed by atoms with Crippen LogP contribution in [0.3, 0.4) is 0 Å². The van der Waals surface area contributed by atoms with Gasteiger partial charge >= 0.3 is 0 Å². The lowest BCUT2D eigenvalue weighted by Gasteiger charge is -2.13. The van der Waals surface area contributed by atoms with E-state index >= 15 is 0 Å². The average Bonchev–Trinajstić information content (AvgIpc) is 2.75. The van der Waals surface area contributed by atoms with Crippen LogP contribution in [0, 0.1) is 5.92 Å². The lowest BCUT2D eigenvalue weighted by atomic mass is 10.2. The second kappa shape index (κ2) is 12.3. The van der Waals surface area contributed by atoms with Crippen molar-refractivity contribution in [1.29, 1.82) is 0 Å². The average molecular weight is 508 g/mol. The van der Waals surface area contributed by atoms with Crippen LogP contribution in [0.1, 0.15) is 36.7 Å². The fraction of sp³-hybridized carbons (Fsp3) is 0.318. The zero-order valence-electron chi connectivity index (χ0n) is 17.7. The Morgan fingerprint density at radius 2 is 1.77 bits per heavy atom. The first-order valence-corrected chi connectivity index (χ1v) is 11.0. The van der Waals surface area contributed by atoms with E-state index in [1.54, 1.807) is 18.2 Å². The van der Waals surface area contributed by atoms with E-state index < -0.39 is 11.8 Å². The standard InChI is InChI=1S/C22H26BrN3O4S/c1-4-15-5-8-17(9-6-15)29-13-20(27)25-26-22(31)24-21(28)16-7-10-19(18(23)11-16)30-12-14(2)3/h5-11,14H,4,12-13H2,1-3H3,(H,25,27)(H2,24,26,28,31). The normalized spacial score (nSPS) is 10.4. The number of hydrogen-bond donors (Lipinski definition) is 3. The number of rotatable bonds is 8. The predicted octanol–water partition coefficient (Wildman–Crippen LogP) is 3.76. The van der Waals surface area contributed by atoms with Crippen LogP contribution in [0.4, 0.5) is 0 Å². The summed E-state index contributed by atoms with van der Waals surface area (Å²) in [6.45, 7) is 6.55. The van der Waals surface area contributed by atoms with E-state index in [4.69, 9.17) is 21.7 Å². The highest BCUT2D eigenvalue weighted by Gasteiger charge is 2.12. The molecule has 0 aliphatic heterocycles. The molecule has 3 N–H and O–H groups in total. The van der Waals surface area contributed by atoms with Crippen LogP contribution in [0.5, 0.6) is 11.5 Å². The molecule has 0 aliphatic rings. The molecular formula is C22H26BrN3O4S. The molecule has 7 nitrogen and oxygen atoms in total. The Balaban J connectivity index is 1.76. The fourth-order valence-corrected chi connectivity index (χ4v) is 2.99. The Bertz CT molecular complexity index is 919. The highest BCUT2D eigenvalue weighted by molar-refractivity contribution is 9.10. The molecule has 0 spiro atoms. The van der Waals surface area contributed by atoms with Crippen molar-refractivity contribution in [3.05, 3.63) is 58.1 Å². The van der Waals surface area contributed by atoms with Gasteiger partial charge in [-0.15, -0.1) is 0 Å². The summed E-state index contributed by atoms with van der Waals surface area (Å²) in [5, 5.41) is 2.46. The molecule has 31 heavy (non-hydrogen) atoms. The van der Waals surface area contributed by atoms with Gasteiger partial charge in [-0.05, 0) is 76.4 Å². The first-order valence-electron chi connectivity index (χ1n) is 9.82. The van der Waals surface area contributed by atoms with E-state index in [0.717, 1.165) is 6.42 Å². The smallest absolute Gasteiger partial charge is 0.276 e. The van der Waals surface area contributed by atoms with Crippen LogP contribution in [0.15, 0.2) is 46.9 Å². The summed E-state index contributed by atoms with van der Waals surface area (Å²) in [6, 6.07) is 12.5. The molecule has 2 amide bonds. The number of hydrazine groups is 1. The molecule has 0 saturated carbocycles. The number of carbonyl (C=O) groups excluding carboxylic acids is 2. The van der Waals surface area contributed by atoms with Gasteiger partial charge in [-0.1, -0.05) is 32.9 Å². The van der Waals surface area contributed by atoms with Crippen LogP contribution in [0.25, 0.3) is 0 Å².